The molecular formula is C25H22N4O3. The molecule has 2 amide bonds. The lowest BCUT2D eigenvalue weighted by atomic mass is 10.1. The summed E-state index contributed by atoms with van der Waals surface area (Å²) in [4.78, 5) is 24.0. The Balaban J connectivity index is 1.42. The Morgan fingerprint density at radius 1 is 0.812 bits per heavy atom. The number of aryl methyl sites for hydroxylation is 1. The Morgan fingerprint density at radius 2 is 1.44 bits per heavy atom. The number of rotatable bonds is 6. The molecule has 160 valence electrons. The predicted octanol–water partition coefficient (Wildman–Crippen LogP) is 5.31. The van der Waals surface area contributed by atoms with Gasteiger partial charge in [0, 0.05) is 34.5 Å². The first-order valence-corrected chi connectivity index (χ1v) is 10.2. The van der Waals surface area contributed by atoms with E-state index in [9.17, 15) is 9.59 Å². The van der Waals surface area contributed by atoms with E-state index in [4.69, 9.17) is 4.42 Å². The largest absolute Gasteiger partial charge is 0.416 e. The second-order valence-electron chi connectivity index (χ2n) is 7.24. The first-order valence-electron chi connectivity index (χ1n) is 10.2. The van der Waals surface area contributed by atoms with Crippen molar-refractivity contribution >= 4 is 23.2 Å². The Morgan fingerprint density at radius 3 is 2.12 bits per heavy atom. The Hall–Kier alpha value is -4.26. The van der Waals surface area contributed by atoms with E-state index in [1.54, 1.807) is 43.3 Å². The Labute approximate surface area is 185 Å². The van der Waals surface area contributed by atoms with Gasteiger partial charge in [0.25, 0.3) is 5.91 Å². The van der Waals surface area contributed by atoms with Gasteiger partial charge in [-0.05, 0) is 67.1 Å². The average Bonchev–Trinajstić information content (AvgIpc) is 3.30. The van der Waals surface area contributed by atoms with Crippen LogP contribution in [0.15, 0.2) is 77.2 Å². The summed E-state index contributed by atoms with van der Waals surface area (Å²) >= 11 is 0. The van der Waals surface area contributed by atoms with Crippen LogP contribution in [0.2, 0.25) is 0 Å². The van der Waals surface area contributed by atoms with Crippen molar-refractivity contribution in [2.24, 2.45) is 0 Å². The van der Waals surface area contributed by atoms with Gasteiger partial charge in [-0.15, -0.1) is 10.2 Å². The summed E-state index contributed by atoms with van der Waals surface area (Å²) in [6.07, 6.45) is 0.398. The van der Waals surface area contributed by atoms with Crippen LogP contribution in [-0.4, -0.2) is 22.0 Å². The van der Waals surface area contributed by atoms with Gasteiger partial charge in [0.1, 0.15) is 0 Å². The smallest absolute Gasteiger partial charge is 0.255 e. The van der Waals surface area contributed by atoms with Crippen molar-refractivity contribution in [1.29, 1.82) is 0 Å². The molecule has 0 aliphatic rings. The number of nitrogens with zero attached hydrogens (tertiary/aromatic N) is 2. The topological polar surface area (TPSA) is 97.1 Å². The molecule has 0 aliphatic carbocycles. The molecule has 7 nitrogen and oxygen atoms in total. The summed E-state index contributed by atoms with van der Waals surface area (Å²) in [6, 6.07) is 21.7. The minimum absolute atomic E-state index is 0.0745. The van der Waals surface area contributed by atoms with Gasteiger partial charge in [0.05, 0.1) is 0 Å². The molecule has 7 heteroatoms. The number of anilines is 2. The minimum atomic E-state index is -0.245. The highest BCUT2D eigenvalue weighted by atomic mass is 16.4. The first kappa shape index (κ1) is 21.0. The third-order valence-corrected chi connectivity index (χ3v) is 4.94. The minimum Gasteiger partial charge on any atom is -0.416 e. The summed E-state index contributed by atoms with van der Waals surface area (Å²) < 4.78 is 5.83. The molecule has 0 bridgehead atoms. The Kier molecular flexibility index (Phi) is 6.07. The third kappa shape index (κ3) is 4.73. The van der Waals surface area contributed by atoms with E-state index in [1.165, 1.54) is 0 Å². The number of carbonyl (C=O) groups is 2. The van der Waals surface area contributed by atoms with E-state index in [-0.39, 0.29) is 11.8 Å². The predicted molar refractivity (Wildman–Crippen MR) is 123 cm³/mol. The number of amides is 2. The van der Waals surface area contributed by atoms with Gasteiger partial charge < -0.3 is 15.1 Å². The van der Waals surface area contributed by atoms with Gasteiger partial charge in [-0.25, -0.2) is 0 Å². The molecule has 1 aromatic heterocycles. The molecule has 1 heterocycles. The van der Waals surface area contributed by atoms with Crippen LogP contribution in [0, 0.1) is 6.92 Å². The number of nitrogens with one attached hydrogen (secondary N) is 2. The van der Waals surface area contributed by atoms with E-state index < -0.39 is 0 Å². The second kappa shape index (κ2) is 9.26. The van der Waals surface area contributed by atoms with Crippen LogP contribution in [0.3, 0.4) is 0 Å². The fourth-order valence-electron chi connectivity index (χ4n) is 3.12. The molecule has 3 aromatic carbocycles. The van der Waals surface area contributed by atoms with E-state index in [0.717, 1.165) is 16.7 Å². The molecule has 0 spiro atoms. The van der Waals surface area contributed by atoms with Crippen molar-refractivity contribution in [1.82, 2.24) is 10.2 Å². The molecule has 0 aliphatic heterocycles. The molecular weight excluding hydrogens is 404 g/mol. The van der Waals surface area contributed by atoms with E-state index in [2.05, 4.69) is 20.8 Å². The van der Waals surface area contributed by atoms with Gasteiger partial charge in [0.15, 0.2) is 0 Å². The quantitative estimate of drug-likeness (QED) is 0.435. The SMILES string of the molecule is CCC(=O)Nc1ccc(C(=O)Nc2ccc(-c3nnc(-c4ccccc4C)o3)cc2)cc1. The molecule has 0 saturated carbocycles. The lowest BCUT2D eigenvalue weighted by Crippen LogP contribution is -2.12. The van der Waals surface area contributed by atoms with Gasteiger partial charge in [-0.1, -0.05) is 25.1 Å². The van der Waals surface area contributed by atoms with Gasteiger partial charge >= 0.3 is 0 Å². The van der Waals surface area contributed by atoms with E-state index >= 15 is 0 Å². The molecule has 32 heavy (non-hydrogen) atoms. The number of hydrogen-bond acceptors (Lipinski definition) is 5. The zero-order valence-electron chi connectivity index (χ0n) is 17.8. The van der Waals surface area contributed by atoms with E-state index in [1.807, 2.05) is 43.3 Å². The molecule has 0 radical (unpaired) electrons. The van der Waals surface area contributed by atoms with Crippen molar-refractivity contribution < 1.29 is 14.0 Å². The molecule has 0 fully saturated rings. The molecule has 0 saturated heterocycles. The van der Waals surface area contributed by atoms with Crippen molar-refractivity contribution in [2.75, 3.05) is 10.6 Å². The monoisotopic (exact) mass is 426 g/mol. The fraction of sp³-hybridized carbons (Fsp3) is 0.120. The van der Waals surface area contributed by atoms with Crippen LogP contribution >= 0.6 is 0 Å². The summed E-state index contributed by atoms with van der Waals surface area (Å²) in [6.45, 7) is 3.77. The average molecular weight is 426 g/mol. The van der Waals surface area contributed by atoms with Crippen LogP contribution in [-0.2, 0) is 4.79 Å². The highest BCUT2D eigenvalue weighted by Crippen LogP contribution is 2.26. The molecule has 0 atom stereocenters. The zero-order valence-corrected chi connectivity index (χ0v) is 17.8. The number of aromatic nitrogens is 2. The molecule has 0 unspecified atom stereocenters. The lowest BCUT2D eigenvalue weighted by molar-refractivity contribution is -0.115. The number of hydrogen-bond donors (Lipinski definition) is 2. The zero-order chi connectivity index (χ0) is 22.5. The highest BCUT2D eigenvalue weighted by Gasteiger charge is 2.13. The van der Waals surface area contributed by atoms with Crippen LogP contribution in [0.1, 0.15) is 29.3 Å². The summed E-state index contributed by atoms with van der Waals surface area (Å²) in [5, 5.41) is 13.9. The van der Waals surface area contributed by atoms with Crippen LogP contribution < -0.4 is 10.6 Å². The summed E-state index contributed by atoms with van der Waals surface area (Å²) in [5.74, 6) is 0.556. The van der Waals surface area contributed by atoms with Crippen molar-refractivity contribution in [3.63, 3.8) is 0 Å². The summed E-state index contributed by atoms with van der Waals surface area (Å²) in [5.41, 5.74) is 4.50. The standard InChI is InChI=1S/C25H22N4O3/c1-3-22(30)26-19-12-8-17(9-13-19)23(31)27-20-14-10-18(11-15-20)24-28-29-25(32-24)21-7-5-4-6-16(21)2/h4-15H,3H2,1-2H3,(H,26,30)(H,27,31). The molecule has 4 aromatic rings. The van der Waals surface area contributed by atoms with Crippen LogP contribution in [0.5, 0.6) is 0 Å². The first-order chi connectivity index (χ1) is 15.5. The highest BCUT2D eigenvalue weighted by molar-refractivity contribution is 6.04. The maximum Gasteiger partial charge on any atom is 0.255 e. The van der Waals surface area contributed by atoms with Crippen molar-refractivity contribution in [3.05, 3.63) is 83.9 Å². The maximum atomic E-state index is 12.5. The van der Waals surface area contributed by atoms with Gasteiger partial charge in [-0.2, -0.15) is 0 Å². The maximum absolute atomic E-state index is 12.5. The van der Waals surface area contributed by atoms with Crippen LogP contribution in [0.4, 0.5) is 11.4 Å². The fourth-order valence-corrected chi connectivity index (χ4v) is 3.12. The number of benzene rings is 3. The van der Waals surface area contributed by atoms with E-state index in [0.29, 0.717) is 35.1 Å². The van der Waals surface area contributed by atoms with Gasteiger partial charge in [0.2, 0.25) is 17.7 Å². The van der Waals surface area contributed by atoms with Crippen LogP contribution in [0.25, 0.3) is 22.9 Å². The lowest BCUT2D eigenvalue weighted by Gasteiger charge is -2.07. The molecule has 2 N–H and O–H groups in total. The molecule has 4 rings (SSSR count). The van der Waals surface area contributed by atoms with Gasteiger partial charge in [-0.3, -0.25) is 9.59 Å². The second-order valence-corrected chi connectivity index (χ2v) is 7.24. The normalized spacial score (nSPS) is 10.6. The Bertz CT molecular complexity index is 1240. The summed E-state index contributed by atoms with van der Waals surface area (Å²) in [7, 11) is 0. The van der Waals surface area contributed by atoms with Crippen molar-refractivity contribution in [3.8, 4) is 22.9 Å². The van der Waals surface area contributed by atoms with Crippen molar-refractivity contribution in [2.45, 2.75) is 20.3 Å². The number of carbonyl (C=O) groups excluding carboxylic acids is 2. The third-order valence-electron chi connectivity index (χ3n) is 4.94.